The van der Waals surface area contributed by atoms with Crippen molar-refractivity contribution >= 4 is 34.4 Å². The van der Waals surface area contributed by atoms with Crippen LogP contribution in [-0.4, -0.2) is 53.0 Å². The van der Waals surface area contributed by atoms with Crippen LogP contribution in [0.15, 0.2) is 24.4 Å². The number of nitrogens with zero attached hydrogens (tertiary/aromatic N) is 4. The third kappa shape index (κ3) is 4.40. The Morgan fingerprint density at radius 1 is 1.24 bits per heavy atom. The molecule has 5 heterocycles. The maximum Gasteiger partial charge on any atom is 0.318 e. The van der Waals surface area contributed by atoms with Crippen molar-refractivity contribution in [3.05, 3.63) is 40.8 Å². The monoisotopic (exact) mass is 484 g/mol. The van der Waals surface area contributed by atoms with Gasteiger partial charge in [0, 0.05) is 37.0 Å². The SMILES string of the molecule is COc1nc2c3cnc(c(F)c3n1)-c1cc(O)cc(Cl)c1/C=C/CCCOC1CCCCN2C1. The van der Waals surface area contributed by atoms with Gasteiger partial charge in [0.15, 0.2) is 5.82 Å². The van der Waals surface area contributed by atoms with Crippen LogP contribution in [0.3, 0.4) is 0 Å². The minimum atomic E-state index is -0.620. The zero-order valence-electron chi connectivity index (χ0n) is 18.9. The minimum Gasteiger partial charge on any atom is -0.508 e. The third-order valence-corrected chi connectivity index (χ3v) is 6.59. The number of halogens is 2. The number of phenolic OH excluding ortho intramolecular Hbond substituents is 1. The molecular weight excluding hydrogens is 459 g/mol. The summed E-state index contributed by atoms with van der Waals surface area (Å²) in [6, 6.07) is 2.98. The molecule has 3 aromatic rings. The molecule has 1 fully saturated rings. The average molecular weight is 485 g/mol. The van der Waals surface area contributed by atoms with Crippen molar-refractivity contribution < 1.29 is 19.0 Å². The zero-order valence-corrected chi connectivity index (χ0v) is 19.7. The fourth-order valence-corrected chi connectivity index (χ4v) is 4.87. The van der Waals surface area contributed by atoms with E-state index in [4.69, 9.17) is 21.1 Å². The van der Waals surface area contributed by atoms with Gasteiger partial charge in [-0.25, -0.2) is 4.39 Å². The van der Waals surface area contributed by atoms with Crippen LogP contribution in [0.2, 0.25) is 5.02 Å². The van der Waals surface area contributed by atoms with Crippen molar-refractivity contribution in [2.24, 2.45) is 0 Å². The van der Waals surface area contributed by atoms with Gasteiger partial charge in [-0.3, -0.25) is 4.98 Å². The van der Waals surface area contributed by atoms with Gasteiger partial charge >= 0.3 is 6.01 Å². The number of methoxy groups -OCH3 is 1. The number of rotatable bonds is 1. The first-order valence-corrected chi connectivity index (χ1v) is 11.9. The van der Waals surface area contributed by atoms with E-state index >= 15 is 4.39 Å². The number of allylic oxidation sites excluding steroid dienone is 1. The van der Waals surface area contributed by atoms with E-state index in [1.54, 1.807) is 6.20 Å². The Labute approximate surface area is 202 Å². The van der Waals surface area contributed by atoms with E-state index in [1.165, 1.54) is 19.2 Å². The molecule has 9 heteroatoms. The Hall–Kier alpha value is -2.97. The molecule has 6 bridgehead atoms. The van der Waals surface area contributed by atoms with Crippen molar-refractivity contribution in [1.29, 1.82) is 0 Å². The van der Waals surface area contributed by atoms with E-state index in [0.717, 1.165) is 38.6 Å². The van der Waals surface area contributed by atoms with Crippen molar-refractivity contribution in [1.82, 2.24) is 15.0 Å². The van der Waals surface area contributed by atoms with Crippen molar-refractivity contribution in [3.63, 3.8) is 0 Å². The fraction of sp³-hybridized carbons (Fsp3) is 0.400. The predicted molar refractivity (Wildman–Crippen MR) is 130 cm³/mol. The Kier molecular flexibility index (Phi) is 6.52. The lowest BCUT2D eigenvalue weighted by molar-refractivity contribution is 0.0530. The molecule has 1 saturated heterocycles. The van der Waals surface area contributed by atoms with Crippen LogP contribution in [0.1, 0.15) is 37.7 Å². The highest BCUT2D eigenvalue weighted by Gasteiger charge is 2.26. The predicted octanol–water partition coefficient (Wildman–Crippen LogP) is 5.38. The Morgan fingerprint density at radius 3 is 2.97 bits per heavy atom. The summed E-state index contributed by atoms with van der Waals surface area (Å²) in [7, 11) is 1.46. The number of hydrogen-bond donors (Lipinski definition) is 1. The molecule has 7 nitrogen and oxygen atoms in total. The molecule has 34 heavy (non-hydrogen) atoms. The molecule has 1 atom stereocenters. The van der Waals surface area contributed by atoms with Crippen LogP contribution < -0.4 is 9.64 Å². The van der Waals surface area contributed by atoms with Gasteiger partial charge in [0.1, 0.15) is 22.8 Å². The van der Waals surface area contributed by atoms with Crippen molar-refractivity contribution in [2.45, 2.75) is 38.2 Å². The van der Waals surface area contributed by atoms with Gasteiger partial charge in [-0.2, -0.15) is 9.97 Å². The molecule has 0 aliphatic carbocycles. The molecule has 1 unspecified atom stereocenters. The molecule has 0 saturated carbocycles. The summed E-state index contributed by atoms with van der Waals surface area (Å²) < 4.78 is 27.6. The Balaban J connectivity index is 1.76. The van der Waals surface area contributed by atoms with Crippen molar-refractivity contribution in [2.75, 3.05) is 31.7 Å². The number of aromatic nitrogens is 3. The van der Waals surface area contributed by atoms with E-state index in [9.17, 15) is 5.11 Å². The number of aromatic hydroxyl groups is 1. The van der Waals surface area contributed by atoms with Crippen molar-refractivity contribution in [3.8, 4) is 23.0 Å². The van der Waals surface area contributed by atoms with Gasteiger partial charge in [-0.05, 0) is 44.2 Å². The van der Waals surface area contributed by atoms with Gasteiger partial charge in [0.05, 0.1) is 23.6 Å². The highest BCUT2D eigenvalue weighted by atomic mass is 35.5. The normalized spacial score (nSPS) is 19.7. The fourth-order valence-electron chi connectivity index (χ4n) is 4.59. The van der Waals surface area contributed by atoms with E-state index in [2.05, 4.69) is 19.9 Å². The Morgan fingerprint density at radius 2 is 2.12 bits per heavy atom. The van der Waals surface area contributed by atoms with Crippen LogP contribution in [0, 0.1) is 5.82 Å². The number of anilines is 1. The summed E-state index contributed by atoms with van der Waals surface area (Å²) in [6.07, 6.45) is 10.1. The van der Waals surface area contributed by atoms with Gasteiger partial charge in [-0.15, -0.1) is 0 Å². The summed E-state index contributed by atoms with van der Waals surface area (Å²) in [5.41, 5.74) is 1.13. The molecule has 2 aromatic heterocycles. The van der Waals surface area contributed by atoms with E-state index in [-0.39, 0.29) is 29.1 Å². The topological polar surface area (TPSA) is 80.6 Å². The lowest BCUT2D eigenvalue weighted by Gasteiger charge is -2.27. The second-order valence-electron chi connectivity index (χ2n) is 8.59. The number of benzene rings is 1. The van der Waals surface area contributed by atoms with E-state index < -0.39 is 5.82 Å². The molecule has 3 aliphatic heterocycles. The largest absolute Gasteiger partial charge is 0.508 e. The zero-order chi connectivity index (χ0) is 23.7. The van der Waals surface area contributed by atoms with Crippen LogP contribution in [0.25, 0.3) is 28.2 Å². The number of pyridine rings is 1. The van der Waals surface area contributed by atoms with Crippen LogP contribution in [-0.2, 0) is 4.74 Å². The maximum absolute atomic E-state index is 16.0. The highest BCUT2D eigenvalue weighted by Crippen LogP contribution is 2.38. The number of ether oxygens (including phenoxy) is 2. The smallest absolute Gasteiger partial charge is 0.318 e. The molecule has 3 aliphatic rings. The molecule has 1 aromatic carbocycles. The van der Waals surface area contributed by atoms with Gasteiger partial charge < -0.3 is 19.5 Å². The lowest BCUT2D eigenvalue weighted by atomic mass is 10.0. The third-order valence-electron chi connectivity index (χ3n) is 6.28. The number of hydrogen-bond acceptors (Lipinski definition) is 7. The minimum absolute atomic E-state index is 0.0563. The number of fused-ring (bicyclic) bond motifs is 5. The number of phenols is 1. The quantitative estimate of drug-likeness (QED) is 0.496. The Bertz CT molecular complexity index is 1250. The van der Waals surface area contributed by atoms with Gasteiger partial charge in [0.25, 0.3) is 0 Å². The second-order valence-corrected chi connectivity index (χ2v) is 8.99. The van der Waals surface area contributed by atoms with Crippen LogP contribution in [0.4, 0.5) is 10.2 Å². The summed E-state index contributed by atoms with van der Waals surface area (Å²) in [5, 5.41) is 11.0. The molecular formula is C25H26ClFN4O3. The average Bonchev–Trinajstić information content (AvgIpc) is 3.07. The molecule has 6 rings (SSSR count). The molecule has 0 radical (unpaired) electrons. The first kappa shape index (κ1) is 22.8. The van der Waals surface area contributed by atoms with Crippen LogP contribution in [0.5, 0.6) is 11.8 Å². The lowest BCUT2D eigenvalue weighted by Crippen LogP contribution is -2.33. The standard InChI is InChI=1S/C25H26ClFN4O3/c1-33-25-29-23-19-13-28-22(21(23)27)18-11-15(32)12-20(26)17(18)8-3-2-6-10-34-16-7-4-5-9-31(14-16)24(19)30-25/h3,8,11-13,16,32H,2,4-7,9-10,14H2,1H3/b8-3+. The maximum atomic E-state index is 16.0. The van der Waals surface area contributed by atoms with E-state index in [0.29, 0.717) is 40.5 Å². The molecule has 0 spiro atoms. The molecule has 1 N–H and O–H groups in total. The molecule has 178 valence electrons. The van der Waals surface area contributed by atoms with Crippen LogP contribution >= 0.6 is 11.6 Å². The first-order valence-electron chi connectivity index (χ1n) is 11.5. The molecule has 0 amide bonds. The summed E-state index contributed by atoms with van der Waals surface area (Å²) in [6.45, 7) is 2.07. The first-order chi connectivity index (χ1) is 16.5. The van der Waals surface area contributed by atoms with Gasteiger partial charge in [-0.1, -0.05) is 23.8 Å². The van der Waals surface area contributed by atoms with E-state index in [1.807, 2.05) is 12.2 Å². The second kappa shape index (κ2) is 9.72. The summed E-state index contributed by atoms with van der Waals surface area (Å²) in [4.78, 5) is 15.5. The summed E-state index contributed by atoms with van der Waals surface area (Å²) in [5.74, 6) is -0.111. The summed E-state index contributed by atoms with van der Waals surface area (Å²) >= 11 is 6.44. The van der Waals surface area contributed by atoms with Gasteiger partial charge in [0.2, 0.25) is 0 Å². The highest BCUT2D eigenvalue weighted by molar-refractivity contribution is 6.32.